The molecule has 102 valence electrons. The maximum atomic E-state index is 5.41. The second kappa shape index (κ2) is 5.75. The Balaban J connectivity index is 1.81. The number of fused-ring (bicyclic) bond motifs is 1. The van der Waals surface area contributed by atoms with E-state index in [-0.39, 0.29) is 0 Å². The lowest BCUT2D eigenvalue weighted by atomic mass is 10.0. The average Bonchev–Trinajstić information content (AvgIpc) is 3.01. The summed E-state index contributed by atoms with van der Waals surface area (Å²) in [6, 6.07) is 14.4. The van der Waals surface area contributed by atoms with Crippen LogP contribution in [0.15, 0.2) is 48.7 Å². The number of hydrogen-bond donors (Lipinski definition) is 2. The van der Waals surface area contributed by atoms with Gasteiger partial charge in [0.15, 0.2) is 0 Å². The van der Waals surface area contributed by atoms with Gasteiger partial charge in [-0.2, -0.15) is 5.10 Å². The molecule has 0 unspecified atom stereocenters. The van der Waals surface area contributed by atoms with Gasteiger partial charge in [0.25, 0.3) is 0 Å². The summed E-state index contributed by atoms with van der Waals surface area (Å²) in [6.07, 6.45) is 1.76. The Morgan fingerprint density at radius 1 is 1.05 bits per heavy atom. The molecule has 0 amide bonds. The van der Waals surface area contributed by atoms with E-state index in [0.717, 1.165) is 29.9 Å². The summed E-state index contributed by atoms with van der Waals surface area (Å²) < 4.78 is 5.41. The maximum absolute atomic E-state index is 5.41. The molecule has 0 spiro atoms. The number of nitrogens with one attached hydrogen (secondary N) is 2. The molecule has 3 aromatic rings. The molecule has 0 bridgehead atoms. The molecule has 4 nitrogen and oxygen atoms in total. The quantitative estimate of drug-likeness (QED) is 0.747. The first-order chi connectivity index (χ1) is 9.88. The van der Waals surface area contributed by atoms with E-state index in [1.807, 2.05) is 18.2 Å². The molecular formula is C16H17N3O. The topological polar surface area (TPSA) is 49.9 Å². The number of aromatic nitrogens is 2. The molecule has 0 atom stereocenters. The number of hydrogen-bond acceptors (Lipinski definition) is 3. The van der Waals surface area contributed by atoms with E-state index < -0.39 is 0 Å². The molecule has 20 heavy (non-hydrogen) atoms. The highest BCUT2D eigenvalue weighted by molar-refractivity contribution is 5.91. The predicted octanol–water partition coefficient (Wildman–Crippen LogP) is 2.86. The van der Waals surface area contributed by atoms with Crippen molar-refractivity contribution in [2.75, 3.05) is 7.11 Å². The van der Waals surface area contributed by atoms with Crippen LogP contribution in [0.5, 0.6) is 5.75 Å². The fourth-order valence-electron chi connectivity index (χ4n) is 2.38. The molecule has 3 rings (SSSR count). The van der Waals surface area contributed by atoms with Crippen LogP contribution in [0.3, 0.4) is 0 Å². The van der Waals surface area contributed by atoms with Crippen LogP contribution >= 0.6 is 0 Å². The van der Waals surface area contributed by atoms with Crippen LogP contribution in [0.25, 0.3) is 10.8 Å². The Labute approximate surface area is 117 Å². The van der Waals surface area contributed by atoms with Gasteiger partial charge in [-0.05, 0) is 23.1 Å². The van der Waals surface area contributed by atoms with Gasteiger partial charge in [0.1, 0.15) is 5.75 Å². The molecule has 0 aliphatic carbocycles. The molecule has 1 heterocycles. The fourth-order valence-corrected chi connectivity index (χ4v) is 2.38. The Hall–Kier alpha value is -2.33. The first kappa shape index (κ1) is 12.7. The fraction of sp³-hybridized carbons (Fsp3) is 0.188. The highest BCUT2D eigenvalue weighted by Gasteiger charge is 2.05. The van der Waals surface area contributed by atoms with E-state index >= 15 is 0 Å². The zero-order valence-corrected chi connectivity index (χ0v) is 11.4. The van der Waals surface area contributed by atoms with Gasteiger partial charge in [-0.15, -0.1) is 0 Å². The van der Waals surface area contributed by atoms with Gasteiger partial charge in [-0.1, -0.05) is 30.3 Å². The van der Waals surface area contributed by atoms with Crippen molar-refractivity contribution in [3.8, 4) is 5.75 Å². The SMILES string of the molecule is COc1ccc(CNCc2ccn[nH]2)c2ccccc12. The molecular weight excluding hydrogens is 250 g/mol. The van der Waals surface area contributed by atoms with E-state index in [1.54, 1.807) is 13.3 Å². The van der Waals surface area contributed by atoms with Gasteiger partial charge in [0, 0.05) is 30.4 Å². The van der Waals surface area contributed by atoms with Crippen LogP contribution in [-0.2, 0) is 13.1 Å². The molecule has 0 fully saturated rings. The number of methoxy groups -OCH3 is 1. The summed E-state index contributed by atoms with van der Waals surface area (Å²) in [5.41, 5.74) is 2.35. The standard InChI is InChI=1S/C16H17N3O/c1-20-16-7-6-12(14-4-2-3-5-15(14)16)10-17-11-13-8-9-18-19-13/h2-9,17H,10-11H2,1H3,(H,18,19). The number of ether oxygens (including phenoxy) is 1. The Morgan fingerprint density at radius 3 is 2.65 bits per heavy atom. The van der Waals surface area contributed by atoms with E-state index in [2.05, 4.69) is 39.8 Å². The third-order valence-corrected chi connectivity index (χ3v) is 3.38. The Morgan fingerprint density at radius 2 is 1.90 bits per heavy atom. The van der Waals surface area contributed by atoms with Gasteiger partial charge < -0.3 is 10.1 Å². The number of benzene rings is 2. The molecule has 0 aliphatic heterocycles. The third-order valence-electron chi connectivity index (χ3n) is 3.38. The largest absolute Gasteiger partial charge is 0.496 e. The van der Waals surface area contributed by atoms with Gasteiger partial charge in [0.2, 0.25) is 0 Å². The van der Waals surface area contributed by atoms with E-state index in [9.17, 15) is 0 Å². The Kier molecular flexibility index (Phi) is 3.65. The molecule has 0 radical (unpaired) electrons. The number of aromatic amines is 1. The van der Waals surface area contributed by atoms with Crippen molar-refractivity contribution in [2.24, 2.45) is 0 Å². The molecule has 0 aliphatic rings. The molecule has 0 saturated heterocycles. The summed E-state index contributed by atoms with van der Waals surface area (Å²) in [6.45, 7) is 1.59. The molecule has 2 N–H and O–H groups in total. The number of rotatable bonds is 5. The maximum Gasteiger partial charge on any atom is 0.126 e. The van der Waals surface area contributed by atoms with E-state index in [1.165, 1.54) is 10.9 Å². The summed E-state index contributed by atoms with van der Waals surface area (Å²) in [4.78, 5) is 0. The minimum atomic E-state index is 0.778. The summed E-state index contributed by atoms with van der Waals surface area (Å²) in [5, 5.41) is 12.7. The zero-order chi connectivity index (χ0) is 13.8. The predicted molar refractivity (Wildman–Crippen MR) is 79.6 cm³/mol. The second-order valence-electron chi connectivity index (χ2n) is 4.66. The minimum Gasteiger partial charge on any atom is -0.496 e. The van der Waals surface area contributed by atoms with Gasteiger partial charge >= 0.3 is 0 Å². The van der Waals surface area contributed by atoms with Crippen LogP contribution in [0.1, 0.15) is 11.3 Å². The second-order valence-corrected chi connectivity index (χ2v) is 4.66. The summed E-state index contributed by atoms with van der Waals surface area (Å²) in [7, 11) is 1.71. The lowest BCUT2D eigenvalue weighted by Gasteiger charge is -2.11. The van der Waals surface area contributed by atoms with Crippen LogP contribution < -0.4 is 10.1 Å². The monoisotopic (exact) mass is 267 g/mol. The zero-order valence-electron chi connectivity index (χ0n) is 11.4. The van der Waals surface area contributed by atoms with Crippen molar-refractivity contribution in [3.05, 3.63) is 59.9 Å². The number of nitrogens with zero attached hydrogens (tertiary/aromatic N) is 1. The first-order valence-corrected chi connectivity index (χ1v) is 6.62. The lowest BCUT2D eigenvalue weighted by Crippen LogP contribution is -2.13. The Bertz CT molecular complexity index is 692. The highest BCUT2D eigenvalue weighted by atomic mass is 16.5. The molecule has 2 aromatic carbocycles. The molecule has 1 aromatic heterocycles. The van der Waals surface area contributed by atoms with Crippen molar-refractivity contribution in [1.29, 1.82) is 0 Å². The summed E-state index contributed by atoms with van der Waals surface area (Å²) in [5.74, 6) is 0.915. The minimum absolute atomic E-state index is 0.778. The molecule has 0 saturated carbocycles. The van der Waals surface area contributed by atoms with Crippen molar-refractivity contribution in [1.82, 2.24) is 15.5 Å². The van der Waals surface area contributed by atoms with Gasteiger partial charge in [0.05, 0.1) is 7.11 Å². The van der Waals surface area contributed by atoms with Crippen LogP contribution in [0.4, 0.5) is 0 Å². The smallest absolute Gasteiger partial charge is 0.126 e. The molecule has 4 heteroatoms. The summed E-state index contributed by atoms with van der Waals surface area (Å²) >= 11 is 0. The first-order valence-electron chi connectivity index (χ1n) is 6.62. The van der Waals surface area contributed by atoms with Crippen LogP contribution in [0.2, 0.25) is 0 Å². The van der Waals surface area contributed by atoms with Crippen molar-refractivity contribution < 1.29 is 4.74 Å². The van der Waals surface area contributed by atoms with Crippen LogP contribution in [-0.4, -0.2) is 17.3 Å². The van der Waals surface area contributed by atoms with E-state index in [4.69, 9.17) is 4.74 Å². The normalized spacial score (nSPS) is 10.8. The highest BCUT2D eigenvalue weighted by Crippen LogP contribution is 2.28. The third kappa shape index (κ3) is 2.51. The van der Waals surface area contributed by atoms with Gasteiger partial charge in [-0.25, -0.2) is 0 Å². The average molecular weight is 267 g/mol. The van der Waals surface area contributed by atoms with Gasteiger partial charge in [-0.3, -0.25) is 5.10 Å². The van der Waals surface area contributed by atoms with E-state index in [0.29, 0.717) is 0 Å². The van der Waals surface area contributed by atoms with Crippen LogP contribution in [0, 0.1) is 0 Å². The van der Waals surface area contributed by atoms with Crippen molar-refractivity contribution >= 4 is 10.8 Å². The van der Waals surface area contributed by atoms with Crippen molar-refractivity contribution in [3.63, 3.8) is 0 Å². The lowest BCUT2D eigenvalue weighted by molar-refractivity contribution is 0.419. The van der Waals surface area contributed by atoms with Crippen molar-refractivity contribution in [2.45, 2.75) is 13.1 Å². The number of H-pyrrole nitrogens is 1.